The minimum absolute atomic E-state index is 0.0243. The van der Waals surface area contributed by atoms with E-state index in [1.165, 1.54) is 11.4 Å². The molecule has 1 aliphatic rings. The Hall–Kier alpha value is -1.90. The molecular weight excluding hydrogens is 316 g/mol. The Balaban J connectivity index is 1.64. The molecule has 3 rings (SSSR count). The van der Waals surface area contributed by atoms with Gasteiger partial charge in [-0.2, -0.15) is 12.7 Å². The number of rotatable bonds is 4. The Kier molecular flexibility index (Phi) is 4.38. The number of piperazine rings is 1. The van der Waals surface area contributed by atoms with Crippen molar-refractivity contribution in [2.45, 2.75) is 6.42 Å². The lowest BCUT2D eigenvalue weighted by molar-refractivity contribution is -0.131. The van der Waals surface area contributed by atoms with Crippen molar-refractivity contribution in [2.24, 2.45) is 0 Å². The monoisotopic (exact) mass is 336 g/mol. The molecule has 2 heterocycles. The van der Waals surface area contributed by atoms with Crippen LogP contribution in [0.3, 0.4) is 0 Å². The van der Waals surface area contributed by atoms with E-state index >= 15 is 0 Å². The third-order valence-electron chi connectivity index (χ3n) is 4.21. The molecule has 1 fully saturated rings. The van der Waals surface area contributed by atoms with Crippen molar-refractivity contribution in [3.05, 3.63) is 36.0 Å². The van der Waals surface area contributed by atoms with Gasteiger partial charge < -0.3 is 9.88 Å². The smallest absolute Gasteiger partial charge is 0.279 e. The topological polar surface area (TPSA) is 85.5 Å². The number of nitrogens with zero attached hydrogens (tertiary/aromatic N) is 2. The summed E-state index contributed by atoms with van der Waals surface area (Å²) in [6, 6.07) is 7.87. The summed E-state index contributed by atoms with van der Waals surface area (Å²) in [5.74, 6) is 0.0243. The van der Waals surface area contributed by atoms with E-state index in [-0.39, 0.29) is 5.91 Å². The summed E-state index contributed by atoms with van der Waals surface area (Å²) in [5.41, 5.74) is 1.98. The largest absolute Gasteiger partial charge is 0.361 e. The molecule has 0 aliphatic carbocycles. The van der Waals surface area contributed by atoms with Gasteiger partial charge in [0.1, 0.15) is 0 Å². The van der Waals surface area contributed by atoms with Crippen LogP contribution >= 0.6 is 0 Å². The van der Waals surface area contributed by atoms with Crippen LogP contribution in [0.5, 0.6) is 0 Å². The molecule has 1 aromatic heterocycles. The molecule has 8 heteroatoms. The molecule has 0 radical (unpaired) electrons. The normalized spacial score (nSPS) is 16.8. The van der Waals surface area contributed by atoms with Crippen LogP contribution in [-0.2, 0) is 21.4 Å². The summed E-state index contributed by atoms with van der Waals surface area (Å²) in [5, 5.41) is 1.05. The van der Waals surface area contributed by atoms with E-state index in [0.717, 1.165) is 16.5 Å². The third-order valence-corrected chi connectivity index (χ3v) is 5.77. The van der Waals surface area contributed by atoms with Crippen LogP contribution in [0.15, 0.2) is 30.5 Å². The summed E-state index contributed by atoms with van der Waals surface area (Å²) in [6.07, 6.45) is 2.19. The number of hydrogen-bond donors (Lipinski definition) is 2. The van der Waals surface area contributed by atoms with Gasteiger partial charge in [-0.1, -0.05) is 18.2 Å². The van der Waals surface area contributed by atoms with Crippen molar-refractivity contribution in [2.75, 3.05) is 33.2 Å². The van der Waals surface area contributed by atoms with Gasteiger partial charge in [-0.25, -0.2) is 4.72 Å². The molecule has 124 valence electrons. The average molecular weight is 336 g/mol. The van der Waals surface area contributed by atoms with Gasteiger partial charge in [0.05, 0.1) is 6.42 Å². The van der Waals surface area contributed by atoms with E-state index in [1.807, 2.05) is 30.5 Å². The van der Waals surface area contributed by atoms with Crippen LogP contribution in [0.4, 0.5) is 0 Å². The predicted molar refractivity (Wildman–Crippen MR) is 88.1 cm³/mol. The number of aromatic amines is 1. The summed E-state index contributed by atoms with van der Waals surface area (Å²) >= 11 is 0. The number of aromatic nitrogens is 1. The van der Waals surface area contributed by atoms with Crippen LogP contribution < -0.4 is 4.72 Å². The first-order valence-corrected chi connectivity index (χ1v) is 8.96. The number of amides is 1. The Morgan fingerprint density at radius 1 is 1.22 bits per heavy atom. The quantitative estimate of drug-likeness (QED) is 0.843. The Labute approximate surface area is 135 Å². The number of H-pyrrole nitrogens is 1. The lowest BCUT2D eigenvalue weighted by Crippen LogP contribution is -2.53. The zero-order chi connectivity index (χ0) is 16.4. The van der Waals surface area contributed by atoms with E-state index in [1.54, 1.807) is 4.90 Å². The van der Waals surface area contributed by atoms with Crippen LogP contribution in [0.1, 0.15) is 5.56 Å². The SMILES string of the molecule is CNS(=O)(=O)N1CCN(C(=O)Cc2c[nH]c3ccccc23)CC1. The van der Waals surface area contributed by atoms with Crippen LogP contribution in [-0.4, -0.2) is 61.7 Å². The number of fused-ring (bicyclic) bond motifs is 1. The molecule has 2 N–H and O–H groups in total. The van der Waals surface area contributed by atoms with E-state index in [4.69, 9.17) is 0 Å². The zero-order valence-electron chi connectivity index (χ0n) is 12.9. The van der Waals surface area contributed by atoms with Crippen molar-refractivity contribution in [1.82, 2.24) is 18.9 Å². The Morgan fingerprint density at radius 2 is 1.91 bits per heavy atom. The van der Waals surface area contributed by atoms with Crippen LogP contribution in [0.2, 0.25) is 0 Å². The zero-order valence-corrected chi connectivity index (χ0v) is 13.8. The Morgan fingerprint density at radius 3 is 2.61 bits per heavy atom. The molecular formula is C15H20N4O3S. The summed E-state index contributed by atoms with van der Waals surface area (Å²) < 4.78 is 27.1. The highest BCUT2D eigenvalue weighted by Gasteiger charge is 2.27. The maximum atomic E-state index is 12.5. The molecule has 2 aromatic rings. The van der Waals surface area contributed by atoms with Gasteiger partial charge in [-0.05, 0) is 11.6 Å². The standard InChI is InChI=1S/C15H20N4O3S/c1-16-23(21,22)19-8-6-18(7-9-19)15(20)10-12-11-17-14-5-3-2-4-13(12)14/h2-5,11,16-17H,6-10H2,1H3. The van der Waals surface area contributed by atoms with Gasteiger partial charge in [0.15, 0.2) is 0 Å². The fourth-order valence-electron chi connectivity index (χ4n) is 2.86. The molecule has 0 saturated carbocycles. The van der Waals surface area contributed by atoms with Gasteiger partial charge in [-0.3, -0.25) is 4.79 Å². The van der Waals surface area contributed by atoms with Gasteiger partial charge in [0, 0.05) is 50.3 Å². The molecule has 1 aromatic carbocycles. The van der Waals surface area contributed by atoms with Crippen molar-refractivity contribution in [3.63, 3.8) is 0 Å². The fourth-order valence-corrected chi connectivity index (χ4v) is 3.76. The first-order chi connectivity index (χ1) is 11.0. The fraction of sp³-hybridized carbons (Fsp3) is 0.400. The van der Waals surface area contributed by atoms with Gasteiger partial charge in [0.25, 0.3) is 10.2 Å². The van der Waals surface area contributed by atoms with Crippen LogP contribution in [0.25, 0.3) is 10.9 Å². The number of para-hydroxylation sites is 1. The molecule has 1 saturated heterocycles. The van der Waals surface area contributed by atoms with Crippen molar-refractivity contribution in [3.8, 4) is 0 Å². The van der Waals surface area contributed by atoms with E-state index in [0.29, 0.717) is 32.6 Å². The molecule has 23 heavy (non-hydrogen) atoms. The number of nitrogens with one attached hydrogen (secondary N) is 2. The molecule has 1 aliphatic heterocycles. The first-order valence-electron chi connectivity index (χ1n) is 7.52. The lowest BCUT2D eigenvalue weighted by atomic mass is 10.1. The number of carbonyl (C=O) groups is 1. The summed E-state index contributed by atoms with van der Waals surface area (Å²) in [6.45, 7) is 1.48. The highest BCUT2D eigenvalue weighted by molar-refractivity contribution is 7.87. The molecule has 0 spiro atoms. The summed E-state index contributed by atoms with van der Waals surface area (Å²) in [7, 11) is -2.02. The van der Waals surface area contributed by atoms with Crippen molar-refractivity contribution in [1.29, 1.82) is 0 Å². The average Bonchev–Trinajstić information content (AvgIpc) is 2.98. The number of carbonyl (C=O) groups excluding carboxylic acids is 1. The van der Waals surface area contributed by atoms with E-state index in [2.05, 4.69) is 9.71 Å². The second-order valence-corrected chi connectivity index (χ2v) is 7.40. The minimum Gasteiger partial charge on any atom is -0.361 e. The third kappa shape index (κ3) is 3.24. The molecule has 0 atom stereocenters. The van der Waals surface area contributed by atoms with Gasteiger partial charge in [0.2, 0.25) is 5.91 Å². The molecule has 0 unspecified atom stereocenters. The van der Waals surface area contributed by atoms with Crippen LogP contribution in [0, 0.1) is 0 Å². The molecule has 1 amide bonds. The number of hydrogen-bond acceptors (Lipinski definition) is 3. The Bertz CT molecular complexity index is 807. The number of benzene rings is 1. The van der Waals surface area contributed by atoms with E-state index in [9.17, 15) is 13.2 Å². The summed E-state index contributed by atoms with van der Waals surface area (Å²) in [4.78, 5) is 17.4. The highest BCUT2D eigenvalue weighted by atomic mass is 32.2. The van der Waals surface area contributed by atoms with E-state index < -0.39 is 10.2 Å². The lowest BCUT2D eigenvalue weighted by Gasteiger charge is -2.33. The van der Waals surface area contributed by atoms with Gasteiger partial charge in [-0.15, -0.1) is 0 Å². The molecule has 0 bridgehead atoms. The van der Waals surface area contributed by atoms with Crippen molar-refractivity contribution >= 4 is 27.0 Å². The minimum atomic E-state index is -3.41. The highest BCUT2D eigenvalue weighted by Crippen LogP contribution is 2.19. The second-order valence-electron chi connectivity index (χ2n) is 5.53. The maximum absolute atomic E-state index is 12.5. The second kappa shape index (κ2) is 6.31. The maximum Gasteiger partial charge on any atom is 0.279 e. The molecule has 7 nitrogen and oxygen atoms in total. The first kappa shape index (κ1) is 16.0. The van der Waals surface area contributed by atoms with Crippen molar-refractivity contribution < 1.29 is 13.2 Å². The van der Waals surface area contributed by atoms with Gasteiger partial charge >= 0.3 is 0 Å². The predicted octanol–water partition coefficient (Wildman–Crippen LogP) is 0.319.